The first-order chi connectivity index (χ1) is 14.5. The van der Waals surface area contributed by atoms with E-state index in [1.807, 2.05) is 0 Å². The third kappa shape index (κ3) is 4.04. The summed E-state index contributed by atoms with van der Waals surface area (Å²) in [6, 6.07) is 41.5. The molecule has 0 amide bonds. The van der Waals surface area contributed by atoms with E-state index in [0.717, 1.165) is 5.75 Å². The second kappa shape index (κ2) is 8.46. The van der Waals surface area contributed by atoms with Gasteiger partial charge in [0.05, 0.1) is 0 Å². The summed E-state index contributed by atoms with van der Waals surface area (Å²) in [4.78, 5) is 0. The third-order valence-corrected chi connectivity index (χ3v) is 9.37. The van der Waals surface area contributed by atoms with Crippen molar-refractivity contribution in [3.8, 4) is 5.75 Å². The summed E-state index contributed by atoms with van der Waals surface area (Å²) in [5, 5.41) is 5.39. The quantitative estimate of drug-likeness (QED) is 0.395. The molecule has 0 spiro atoms. The van der Waals surface area contributed by atoms with Crippen molar-refractivity contribution in [1.82, 2.24) is 0 Å². The minimum absolute atomic E-state index is 0.216. The number of benzene rings is 4. The van der Waals surface area contributed by atoms with Crippen molar-refractivity contribution < 1.29 is 4.74 Å². The smallest absolute Gasteiger partial charge is 0.144 e. The van der Waals surface area contributed by atoms with Crippen molar-refractivity contribution in [2.75, 3.05) is 0 Å². The highest BCUT2D eigenvalue weighted by atomic mass is 31.2. The topological polar surface area (TPSA) is 9.23 Å². The van der Waals surface area contributed by atoms with Gasteiger partial charge in [0.2, 0.25) is 0 Å². The van der Waals surface area contributed by atoms with E-state index in [9.17, 15) is 0 Å². The van der Waals surface area contributed by atoms with Crippen molar-refractivity contribution in [3.05, 3.63) is 115 Å². The highest BCUT2D eigenvalue weighted by Gasteiger charge is 2.47. The fourth-order valence-electron chi connectivity index (χ4n) is 3.94. The molecular weight excluding hydrogens is 383 g/mol. The molecule has 0 heterocycles. The van der Waals surface area contributed by atoms with E-state index >= 15 is 0 Å². The number of hydrogen-bond acceptors (Lipinski definition) is 1. The average molecular weight is 412 g/mol. The molecule has 0 bridgehead atoms. The van der Waals surface area contributed by atoms with Gasteiger partial charge in [0.25, 0.3) is 0 Å². The van der Waals surface area contributed by atoms with Crippen LogP contribution in [0.3, 0.4) is 0 Å². The summed E-state index contributed by atoms with van der Waals surface area (Å²) < 4.78 is 6.10. The van der Waals surface area contributed by atoms with E-state index in [1.165, 1.54) is 21.2 Å². The Morgan fingerprint density at radius 2 is 0.800 bits per heavy atom. The van der Waals surface area contributed by atoms with Crippen molar-refractivity contribution in [1.29, 1.82) is 0 Å². The maximum atomic E-state index is 6.10. The summed E-state index contributed by atoms with van der Waals surface area (Å²) >= 11 is 0. The molecule has 150 valence electrons. The van der Waals surface area contributed by atoms with Crippen LogP contribution in [0.15, 0.2) is 115 Å². The van der Waals surface area contributed by atoms with Crippen molar-refractivity contribution in [2.45, 2.75) is 26.4 Å². The molecule has 0 atom stereocenters. The highest BCUT2D eigenvalue weighted by Crippen LogP contribution is 2.54. The van der Waals surface area contributed by atoms with Gasteiger partial charge in [-0.15, -0.1) is 0 Å². The maximum absolute atomic E-state index is 6.10. The largest absolute Gasteiger partial charge is 0.488 e. The van der Waals surface area contributed by atoms with Gasteiger partial charge < -0.3 is 4.74 Å². The average Bonchev–Trinajstić information content (AvgIpc) is 2.77. The summed E-state index contributed by atoms with van der Waals surface area (Å²) in [5.41, 5.74) is -0.216. The minimum Gasteiger partial charge on any atom is -0.488 e. The van der Waals surface area contributed by atoms with Crippen molar-refractivity contribution in [3.63, 3.8) is 0 Å². The van der Waals surface area contributed by atoms with Crippen LogP contribution in [0.2, 0.25) is 0 Å². The first kappa shape index (κ1) is 20.4. The molecule has 0 saturated carbocycles. The van der Waals surface area contributed by atoms with E-state index in [2.05, 4.69) is 136 Å². The lowest BCUT2D eigenvalue weighted by atomic mass is 10.2. The normalized spacial score (nSPS) is 11.8. The molecule has 0 aliphatic carbocycles. The molecule has 0 fully saturated rings. The standard InChI is InChI=1S/C28H28OP/c1-28(2,3)29-23-19-21-27(22-20-23)30(24-13-7-4-8-14-24,25-15-9-5-10-16-25)26-17-11-6-12-18-26/h4-22H,1-3H3/q+1. The van der Waals surface area contributed by atoms with Gasteiger partial charge in [0.15, 0.2) is 0 Å². The number of hydrogen-bond donors (Lipinski definition) is 0. The molecule has 1 nitrogen and oxygen atoms in total. The zero-order valence-corrected chi connectivity index (χ0v) is 18.7. The fraction of sp³-hybridized carbons (Fsp3) is 0.143. The monoisotopic (exact) mass is 411 g/mol. The summed E-state index contributed by atoms with van der Waals surface area (Å²) in [6.07, 6.45) is 0. The van der Waals surface area contributed by atoms with Gasteiger partial charge in [-0.3, -0.25) is 0 Å². The van der Waals surface area contributed by atoms with E-state index < -0.39 is 7.26 Å². The van der Waals surface area contributed by atoms with Gasteiger partial charge in [-0.05, 0) is 81.4 Å². The second-order valence-electron chi connectivity index (χ2n) is 8.39. The van der Waals surface area contributed by atoms with Crippen LogP contribution in [-0.4, -0.2) is 5.60 Å². The molecule has 0 aliphatic rings. The molecule has 0 aliphatic heterocycles. The molecule has 4 aromatic carbocycles. The Morgan fingerprint density at radius 3 is 1.13 bits per heavy atom. The van der Waals surface area contributed by atoms with Crippen molar-refractivity contribution >= 4 is 28.5 Å². The maximum Gasteiger partial charge on any atom is 0.144 e. The van der Waals surface area contributed by atoms with Crippen LogP contribution in [-0.2, 0) is 0 Å². The molecule has 0 radical (unpaired) electrons. The van der Waals surface area contributed by atoms with Gasteiger partial charge in [0, 0.05) is 0 Å². The first-order valence-electron chi connectivity index (χ1n) is 10.4. The predicted molar refractivity (Wildman–Crippen MR) is 132 cm³/mol. The Kier molecular flexibility index (Phi) is 5.75. The van der Waals surface area contributed by atoms with Crippen LogP contribution >= 0.6 is 7.26 Å². The van der Waals surface area contributed by atoms with Crippen molar-refractivity contribution in [2.24, 2.45) is 0 Å². The Labute approximate surface area is 180 Å². The predicted octanol–water partition coefficient (Wildman–Crippen LogP) is 5.48. The minimum atomic E-state index is -2.03. The molecule has 4 aromatic rings. The lowest BCUT2D eigenvalue weighted by Crippen LogP contribution is -2.38. The van der Waals surface area contributed by atoms with Crippen LogP contribution in [0.5, 0.6) is 5.75 Å². The van der Waals surface area contributed by atoms with Gasteiger partial charge in [-0.1, -0.05) is 54.6 Å². The second-order valence-corrected chi connectivity index (χ2v) is 11.8. The van der Waals surface area contributed by atoms with E-state index in [4.69, 9.17) is 4.74 Å². The zero-order valence-electron chi connectivity index (χ0n) is 17.8. The van der Waals surface area contributed by atoms with Gasteiger partial charge >= 0.3 is 0 Å². The summed E-state index contributed by atoms with van der Waals surface area (Å²) in [6.45, 7) is 6.24. The summed E-state index contributed by atoms with van der Waals surface area (Å²) in [7, 11) is -2.03. The van der Waals surface area contributed by atoms with Crippen LogP contribution in [0, 0.1) is 0 Å². The van der Waals surface area contributed by atoms with E-state index in [-0.39, 0.29) is 5.60 Å². The molecule has 0 unspecified atom stereocenters. The molecule has 2 heteroatoms. The molecule has 0 saturated heterocycles. The van der Waals surface area contributed by atoms with Gasteiger partial charge in [-0.2, -0.15) is 0 Å². The molecule has 0 aromatic heterocycles. The third-order valence-electron chi connectivity index (χ3n) is 5.08. The van der Waals surface area contributed by atoms with Gasteiger partial charge in [0.1, 0.15) is 39.8 Å². The molecule has 30 heavy (non-hydrogen) atoms. The van der Waals surface area contributed by atoms with Crippen LogP contribution < -0.4 is 26.0 Å². The Morgan fingerprint density at radius 1 is 0.467 bits per heavy atom. The fourth-order valence-corrected chi connectivity index (χ4v) is 8.18. The Bertz CT molecular complexity index is 970. The van der Waals surface area contributed by atoms with Crippen LogP contribution in [0.1, 0.15) is 20.8 Å². The Hall–Kier alpha value is -2.89. The zero-order chi connectivity index (χ0) is 21.0. The number of ether oxygens (including phenoxy) is 1. The Balaban J connectivity index is 1.98. The van der Waals surface area contributed by atoms with E-state index in [1.54, 1.807) is 0 Å². The van der Waals surface area contributed by atoms with Crippen LogP contribution in [0.4, 0.5) is 0 Å². The SMILES string of the molecule is CC(C)(C)Oc1ccc([P+](c2ccccc2)(c2ccccc2)c2ccccc2)cc1. The summed E-state index contributed by atoms with van der Waals surface area (Å²) in [5.74, 6) is 0.901. The van der Waals surface area contributed by atoms with Gasteiger partial charge in [-0.25, -0.2) is 0 Å². The highest BCUT2D eigenvalue weighted by molar-refractivity contribution is 8.01. The van der Waals surface area contributed by atoms with E-state index in [0.29, 0.717) is 0 Å². The first-order valence-corrected chi connectivity index (χ1v) is 12.1. The van der Waals surface area contributed by atoms with Crippen LogP contribution in [0.25, 0.3) is 0 Å². The molecule has 0 N–H and O–H groups in total. The lowest BCUT2D eigenvalue weighted by molar-refractivity contribution is 0.131. The number of rotatable bonds is 5. The molecular formula is C28H28OP+. The lowest BCUT2D eigenvalue weighted by Gasteiger charge is -2.28. The molecule has 4 rings (SSSR count).